The van der Waals surface area contributed by atoms with Gasteiger partial charge in [-0.25, -0.2) is 4.98 Å². The van der Waals surface area contributed by atoms with Crippen LogP contribution in [0.15, 0.2) is 23.1 Å². The van der Waals surface area contributed by atoms with Gasteiger partial charge < -0.3 is 15.2 Å². The van der Waals surface area contributed by atoms with E-state index in [-0.39, 0.29) is 0 Å². The zero-order valence-electron chi connectivity index (χ0n) is 5.61. The average Bonchev–Trinajstić information content (AvgIpc) is 2.55. The van der Waals surface area contributed by atoms with Gasteiger partial charge in [-0.05, 0) is 0 Å². The summed E-state index contributed by atoms with van der Waals surface area (Å²) in [4.78, 5) is 6.71. The number of nitrogen functional groups attached to an aromatic ring is 1. The Morgan fingerprint density at radius 2 is 2.45 bits per heavy atom. The van der Waals surface area contributed by atoms with Crippen molar-refractivity contribution in [3.05, 3.63) is 18.6 Å². The zero-order valence-corrected chi connectivity index (χ0v) is 5.61. The van der Waals surface area contributed by atoms with Crippen molar-refractivity contribution in [1.82, 2.24) is 15.1 Å². The lowest BCUT2D eigenvalue weighted by atomic mass is 10.3. The third-order valence-corrected chi connectivity index (χ3v) is 1.30. The number of nitrogens with zero attached hydrogens (tertiary/aromatic N) is 2. The van der Waals surface area contributed by atoms with E-state index in [4.69, 9.17) is 5.73 Å². The molecular formula is C6H6N4O. The lowest BCUT2D eigenvalue weighted by Crippen LogP contribution is -1.76. The second-order valence-electron chi connectivity index (χ2n) is 2.08. The summed E-state index contributed by atoms with van der Waals surface area (Å²) < 4.78 is 4.67. The third-order valence-electron chi connectivity index (χ3n) is 1.30. The molecule has 5 heteroatoms. The van der Waals surface area contributed by atoms with Crippen LogP contribution < -0.4 is 5.73 Å². The number of aromatic nitrogens is 3. The number of nitrogens with one attached hydrogen (secondary N) is 1. The Kier molecular flexibility index (Phi) is 1.15. The van der Waals surface area contributed by atoms with Crippen LogP contribution in [0.2, 0.25) is 0 Å². The number of imidazole rings is 1. The van der Waals surface area contributed by atoms with Crippen molar-refractivity contribution in [3.8, 4) is 11.4 Å². The van der Waals surface area contributed by atoms with Gasteiger partial charge in [0.15, 0.2) is 0 Å². The summed E-state index contributed by atoms with van der Waals surface area (Å²) in [6.07, 6.45) is 3.22. The third kappa shape index (κ3) is 0.958. The number of H-pyrrole nitrogens is 1. The predicted molar refractivity (Wildman–Crippen MR) is 38.5 cm³/mol. The second-order valence-corrected chi connectivity index (χ2v) is 2.08. The van der Waals surface area contributed by atoms with E-state index >= 15 is 0 Å². The summed E-state index contributed by atoms with van der Waals surface area (Å²) in [5.41, 5.74) is 6.78. The molecule has 2 heterocycles. The topological polar surface area (TPSA) is 80.7 Å². The fraction of sp³-hybridized carbons (Fsp3) is 0. The summed E-state index contributed by atoms with van der Waals surface area (Å²) in [6.45, 7) is 0. The molecule has 0 unspecified atom stereocenters. The van der Waals surface area contributed by atoms with Crippen LogP contribution >= 0.6 is 0 Å². The molecule has 0 spiro atoms. The Labute approximate surface area is 62.2 Å². The smallest absolute Gasteiger partial charge is 0.222 e. The number of anilines is 1. The summed E-state index contributed by atoms with van der Waals surface area (Å²) >= 11 is 0. The van der Waals surface area contributed by atoms with E-state index in [2.05, 4.69) is 19.6 Å². The van der Waals surface area contributed by atoms with Gasteiger partial charge in [0.25, 0.3) is 0 Å². The Morgan fingerprint density at radius 1 is 1.55 bits per heavy atom. The van der Waals surface area contributed by atoms with Crippen LogP contribution in [0.25, 0.3) is 11.4 Å². The van der Waals surface area contributed by atoms with Crippen molar-refractivity contribution >= 4 is 5.88 Å². The van der Waals surface area contributed by atoms with Crippen LogP contribution in [-0.4, -0.2) is 15.1 Å². The maximum absolute atomic E-state index is 5.32. The van der Waals surface area contributed by atoms with E-state index in [1.54, 1.807) is 18.6 Å². The van der Waals surface area contributed by atoms with Crippen LogP contribution in [0.1, 0.15) is 0 Å². The van der Waals surface area contributed by atoms with Crippen molar-refractivity contribution in [2.75, 3.05) is 5.73 Å². The number of aromatic amines is 1. The van der Waals surface area contributed by atoms with E-state index in [0.29, 0.717) is 11.6 Å². The number of hydrogen-bond acceptors (Lipinski definition) is 4. The fourth-order valence-corrected chi connectivity index (χ4v) is 0.812. The Hall–Kier alpha value is -1.78. The molecular weight excluding hydrogens is 144 g/mol. The first-order chi connectivity index (χ1) is 5.36. The molecule has 3 N–H and O–H groups in total. The molecule has 0 fully saturated rings. The first-order valence-electron chi connectivity index (χ1n) is 3.07. The number of nitrogens with two attached hydrogens (primary N) is 1. The number of hydrogen-bond donors (Lipinski definition) is 2. The Morgan fingerprint density at radius 3 is 3.00 bits per heavy atom. The maximum Gasteiger partial charge on any atom is 0.222 e. The van der Waals surface area contributed by atoms with Crippen LogP contribution in [0, 0.1) is 0 Å². The van der Waals surface area contributed by atoms with Gasteiger partial charge in [-0.2, -0.15) is 0 Å². The van der Waals surface area contributed by atoms with Crippen molar-refractivity contribution in [2.45, 2.75) is 0 Å². The largest absolute Gasteiger partial charge is 0.368 e. The SMILES string of the molecule is Nc1cc(-c2cnc[nH]2)no1. The Bertz CT molecular complexity index is 337. The quantitative estimate of drug-likeness (QED) is 0.625. The molecule has 0 atom stereocenters. The second kappa shape index (κ2) is 2.12. The molecule has 11 heavy (non-hydrogen) atoms. The van der Waals surface area contributed by atoms with Gasteiger partial charge in [-0.15, -0.1) is 0 Å². The molecule has 2 rings (SSSR count). The summed E-state index contributed by atoms with van der Waals surface area (Å²) in [6, 6.07) is 1.63. The van der Waals surface area contributed by atoms with Gasteiger partial charge in [-0.1, -0.05) is 5.16 Å². The summed E-state index contributed by atoms with van der Waals surface area (Å²) in [5, 5.41) is 3.69. The predicted octanol–water partition coefficient (Wildman–Crippen LogP) is 0.647. The molecule has 0 radical (unpaired) electrons. The van der Waals surface area contributed by atoms with Crippen molar-refractivity contribution in [2.24, 2.45) is 0 Å². The first kappa shape index (κ1) is 5.96. The van der Waals surface area contributed by atoms with Gasteiger partial charge in [0, 0.05) is 6.07 Å². The minimum atomic E-state index is 0.301. The lowest BCUT2D eigenvalue weighted by molar-refractivity contribution is 0.439. The van der Waals surface area contributed by atoms with Crippen molar-refractivity contribution < 1.29 is 4.52 Å². The molecule has 56 valence electrons. The minimum Gasteiger partial charge on any atom is -0.368 e. The molecule has 0 saturated heterocycles. The summed E-state index contributed by atoms with van der Waals surface area (Å²) in [5.74, 6) is 0.301. The van der Waals surface area contributed by atoms with Gasteiger partial charge >= 0.3 is 0 Å². The fourth-order valence-electron chi connectivity index (χ4n) is 0.812. The molecule has 0 aliphatic heterocycles. The highest BCUT2D eigenvalue weighted by atomic mass is 16.5. The van der Waals surface area contributed by atoms with Crippen LogP contribution in [0.5, 0.6) is 0 Å². The molecule has 0 saturated carbocycles. The lowest BCUT2D eigenvalue weighted by Gasteiger charge is -1.82. The highest BCUT2D eigenvalue weighted by Crippen LogP contribution is 2.15. The van der Waals surface area contributed by atoms with Crippen LogP contribution in [0.3, 0.4) is 0 Å². The van der Waals surface area contributed by atoms with E-state index in [0.717, 1.165) is 5.69 Å². The van der Waals surface area contributed by atoms with E-state index in [1.807, 2.05) is 0 Å². The zero-order chi connectivity index (χ0) is 7.68. The van der Waals surface area contributed by atoms with Crippen molar-refractivity contribution in [1.29, 1.82) is 0 Å². The molecule has 0 amide bonds. The molecule has 0 aromatic carbocycles. The molecule has 0 bridgehead atoms. The maximum atomic E-state index is 5.32. The minimum absolute atomic E-state index is 0.301. The normalized spacial score (nSPS) is 10.2. The molecule has 0 aliphatic carbocycles. The first-order valence-corrected chi connectivity index (χ1v) is 3.07. The summed E-state index contributed by atoms with van der Waals surface area (Å²) in [7, 11) is 0. The van der Waals surface area contributed by atoms with Gasteiger partial charge in [0.2, 0.25) is 5.88 Å². The Balaban J connectivity index is 2.45. The standard InChI is InChI=1S/C6H6N4O/c7-6-1-4(10-11-6)5-2-8-3-9-5/h1-3H,7H2,(H,8,9). The van der Waals surface area contributed by atoms with E-state index in [1.165, 1.54) is 0 Å². The van der Waals surface area contributed by atoms with Crippen LogP contribution in [-0.2, 0) is 0 Å². The molecule has 0 aliphatic rings. The van der Waals surface area contributed by atoms with Gasteiger partial charge in [0.05, 0.1) is 18.2 Å². The average molecular weight is 150 g/mol. The number of rotatable bonds is 1. The highest BCUT2D eigenvalue weighted by molar-refractivity contribution is 5.55. The van der Waals surface area contributed by atoms with E-state index < -0.39 is 0 Å². The molecule has 5 nitrogen and oxygen atoms in total. The van der Waals surface area contributed by atoms with Crippen molar-refractivity contribution in [3.63, 3.8) is 0 Å². The monoisotopic (exact) mass is 150 g/mol. The highest BCUT2D eigenvalue weighted by Gasteiger charge is 2.03. The molecule has 2 aromatic rings. The molecule has 2 aromatic heterocycles. The van der Waals surface area contributed by atoms with E-state index in [9.17, 15) is 0 Å². The van der Waals surface area contributed by atoms with Gasteiger partial charge in [0.1, 0.15) is 5.69 Å². The van der Waals surface area contributed by atoms with Gasteiger partial charge in [-0.3, -0.25) is 0 Å². The van der Waals surface area contributed by atoms with Crippen LogP contribution in [0.4, 0.5) is 5.88 Å².